The molecule has 2 aromatic heterocycles. The minimum atomic E-state index is -0.243. The van der Waals surface area contributed by atoms with E-state index in [1.54, 1.807) is 17.9 Å². The Hall–Kier alpha value is -2.57. The van der Waals surface area contributed by atoms with Gasteiger partial charge in [0, 0.05) is 39.9 Å². The summed E-state index contributed by atoms with van der Waals surface area (Å²) in [5.41, 5.74) is 5.16. The maximum Gasteiger partial charge on any atom is 0.256 e. The van der Waals surface area contributed by atoms with Gasteiger partial charge in [0.1, 0.15) is 5.76 Å². The largest absolute Gasteiger partial charge is 0.361 e. The first kappa shape index (κ1) is 21.7. The van der Waals surface area contributed by atoms with E-state index in [1.807, 2.05) is 33.8 Å². The second kappa shape index (κ2) is 7.84. The number of hydrogen-bond acceptors (Lipinski definition) is 4. The zero-order valence-electron chi connectivity index (χ0n) is 18.0. The SMILES string of the molecule is Cc1cc(C)c(CN2CC(C)c3c(Cl)cc(-c4c(C)noc4C)c(Cl)c3C2=O)c(=O)[nH]1. The topological polar surface area (TPSA) is 79.2 Å². The lowest BCUT2D eigenvalue weighted by Gasteiger charge is -2.34. The van der Waals surface area contributed by atoms with Crippen molar-refractivity contribution in [3.8, 4) is 11.1 Å². The highest BCUT2D eigenvalue weighted by Gasteiger charge is 2.35. The highest BCUT2D eigenvalue weighted by atomic mass is 35.5. The molecule has 162 valence electrons. The van der Waals surface area contributed by atoms with Crippen LogP contribution >= 0.6 is 23.2 Å². The number of hydrogen-bond donors (Lipinski definition) is 1. The Bertz CT molecular complexity index is 1260. The van der Waals surface area contributed by atoms with E-state index in [2.05, 4.69) is 10.1 Å². The Morgan fingerprint density at radius 1 is 1.16 bits per heavy atom. The minimum absolute atomic E-state index is 0.0405. The lowest BCUT2D eigenvalue weighted by atomic mass is 9.87. The summed E-state index contributed by atoms with van der Waals surface area (Å²) in [5, 5.41) is 4.81. The molecule has 1 unspecified atom stereocenters. The number of aromatic amines is 1. The van der Waals surface area contributed by atoms with Crippen LogP contribution in [0.4, 0.5) is 0 Å². The van der Waals surface area contributed by atoms with Crippen LogP contribution in [0.25, 0.3) is 11.1 Å². The van der Waals surface area contributed by atoms with E-state index in [1.165, 1.54) is 0 Å². The van der Waals surface area contributed by atoms with Gasteiger partial charge in [0.05, 0.1) is 22.8 Å². The first-order valence-corrected chi connectivity index (χ1v) is 10.8. The fraction of sp³-hybridized carbons (Fsp3) is 0.348. The quantitative estimate of drug-likeness (QED) is 0.573. The van der Waals surface area contributed by atoms with Gasteiger partial charge in [-0.15, -0.1) is 0 Å². The summed E-state index contributed by atoms with van der Waals surface area (Å²) >= 11 is 13.4. The van der Waals surface area contributed by atoms with Gasteiger partial charge in [-0.2, -0.15) is 0 Å². The summed E-state index contributed by atoms with van der Waals surface area (Å²) in [4.78, 5) is 30.6. The van der Waals surface area contributed by atoms with Crippen molar-refractivity contribution in [3.63, 3.8) is 0 Å². The van der Waals surface area contributed by atoms with Crippen molar-refractivity contribution >= 4 is 29.1 Å². The van der Waals surface area contributed by atoms with E-state index >= 15 is 0 Å². The number of nitrogens with one attached hydrogen (secondary N) is 1. The molecule has 1 N–H and O–H groups in total. The number of H-pyrrole nitrogens is 1. The maximum absolute atomic E-state index is 13.6. The molecule has 3 aromatic rings. The summed E-state index contributed by atoms with van der Waals surface area (Å²) in [6, 6.07) is 3.69. The average molecular weight is 460 g/mol. The van der Waals surface area contributed by atoms with Crippen molar-refractivity contribution in [2.24, 2.45) is 0 Å². The zero-order valence-corrected chi connectivity index (χ0v) is 19.5. The third-order valence-corrected chi connectivity index (χ3v) is 6.59. The van der Waals surface area contributed by atoms with E-state index in [4.69, 9.17) is 27.7 Å². The zero-order chi connectivity index (χ0) is 22.6. The van der Waals surface area contributed by atoms with Crippen LogP contribution in [-0.4, -0.2) is 27.5 Å². The molecule has 1 atom stereocenters. The Morgan fingerprint density at radius 2 is 1.87 bits per heavy atom. The molecule has 0 saturated carbocycles. The predicted octanol–water partition coefficient (Wildman–Crippen LogP) is 5.33. The molecule has 0 bridgehead atoms. The van der Waals surface area contributed by atoms with Gasteiger partial charge in [-0.05, 0) is 51.0 Å². The number of carbonyl (C=O) groups excluding carboxylic acids is 1. The smallest absolute Gasteiger partial charge is 0.256 e. The predicted molar refractivity (Wildman–Crippen MR) is 121 cm³/mol. The van der Waals surface area contributed by atoms with Crippen molar-refractivity contribution in [1.29, 1.82) is 0 Å². The molecule has 0 fully saturated rings. The molecule has 4 rings (SSSR count). The maximum atomic E-state index is 13.6. The van der Waals surface area contributed by atoms with Crippen LogP contribution in [-0.2, 0) is 6.54 Å². The molecule has 31 heavy (non-hydrogen) atoms. The Morgan fingerprint density at radius 3 is 2.48 bits per heavy atom. The summed E-state index contributed by atoms with van der Waals surface area (Å²) in [6.45, 7) is 9.97. The number of nitrogens with zero attached hydrogens (tertiary/aromatic N) is 2. The standard InChI is InChI=1S/C23H23Cl2N3O3/c1-10-6-12(3)26-22(29)16(10)9-28-8-11(2)18-17(24)7-15(21(25)20(18)23(28)30)19-13(4)27-31-14(19)5/h6-7,11H,8-9H2,1-5H3,(H,26,29). The fourth-order valence-electron chi connectivity index (χ4n) is 4.45. The summed E-state index contributed by atoms with van der Waals surface area (Å²) < 4.78 is 5.29. The van der Waals surface area contributed by atoms with Crippen LogP contribution in [0.2, 0.25) is 10.0 Å². The van der Waals surface area contributed by atoms with Crippen LogP contribution < -0.4 is 5.56 Å². The summed E-state index contributed by atoms with van der Waals surface area (Å²) in [7, 11) is 0. The Balaban J connectivity index is 1.83. The number of rotatable bonds is 3. The van der Waals surface area contributed by atoms with E-state index in [9.17, 15) is 9.59 Å². The Kier molecular flexibility index (Phi) is 5.48. The average Bonchev–Trinajstić information content (AvgIpc) is 3.01. The molecule has 0 radical (unpaired) electrons. The van der Waals surface area contributed by atoms with E-state index < -0.39 is 0 Å². The molecule has 1 aliphatic heterocycles. The monoisotopic (exact) mass is 459 g/mol. The molecular formula is C23H23Cl2N3O3. The third kappa shape index (κ3) is 3.58. The molecule has 0 aliphatic carbocycles. The number of halogens is 2. The normalized spacial score (nSPS) is 16.0. The van der Waals surface area contributed by atoms with E-state index in [0.29, 0.717) is 44.7 Å². The first-order chi connectivity index (χ1) is 14.6. The van der Waals surface area contributed by atoms with Gasteiger partial charge in [-0.3, -0.25) is 9.59 Å². The number of pyridine rings is 1. The minimum Gasteiger partial charge on any atom is -0.361 e. The number of fused-ring (bicyclic) bond motifs is 1. The van der Waals surface area contributed by atoms with Gasteiger partial charge in [-0.1, -0.05) is 35.3 Å². The number of aromatic nitrogens is 2. The van der Waals surface area contributed by atoms with Crippen molar-refractivity contribution < 1.29 is 9.32 Å². The molecule has 3 heterocycles. The van der Waals surface area contributed by atoms with Crippen LogP contribution in [0, 0.1) is 27.7 Å². The van der Waals surface area contributed by atoms with E-state index in [-0.39, 0.29) is 23.9 Å². The van der Waals surface area contributed by atoms with Crippen molar-refractivity contribution in [1.82, 2.24) is 15.0 Å². The second-order valence-corrected chi connectivity index (χ2v) is 9.02. The van der Waals surface area contributed by atoms with Gasteiger partial charge in [0.15, 0.2) is 0 Å². The lowest BCUT2D eigenvalue weighted by molar-refractivity contribution is 0.0711. The van der Waals surface area contributed by atoms with Crippen molar-refractivity contribution in [2.45, 2.75) is 47.1 Å². The molecular weight excluding hydrogens is 437 g/mol. The molecule has 6 nitrogen and oxygen atoms in total. The van der Waals surface area contributed by atoms with Gasteiger partial charge >= 0.3 is 0 Å². The molecule has 1 aliphatic rings. The van der Waals surface area contributed by atoms with Crippen LogP contribution in [0.15, 0.2) is 21.5 Å². The van der Waals surface area contributed by atoms with Crippen molar-refractivity contribution in [3.05, 3.63) is 71.9 Å². The van der Waals surface area contributed by atoms with E-state index in [0.717, 1.165) is 22.4 Å². The van der Waals surface area contributed by atoms with Gasteiger partial charge in [0.2, 0.25) is 0 Å². The highest BCUT2D eigenvalue weighted by Crippen LogP contribution is 2.44. The number of amides is 1. The number of aryl methyl sites for hydroxylation is 4. The fourth-order valence-corrected chi connectivity index (χ4v) is 5.17. The van der Waals surface area contributed by atoms with Crippen LogP contribution in [0.1, 0.15) is 57.0 Å². The summed E-state index contributed by atoms with van der Waals surface area (Å²) in [5.74, 6) is 0.319. The molecule has 1 amide bonds. The molecule has 1 aromatic carbocycles. The highest BCUT2D eigenvalue weighted by molar-refractivity contribution is 6.39. The van der Waals surface area contributed by atoms with Crippen LogP contribution in [0.3, 0.4) is 0 Å². The van der Waals surface area contributed by atoms with Crippen LogP contribution in [0.5, 0.6) is 0 Å². The third-order valence-electron chi connectivity index (χ3n) is 5.89. The first-order valence-electron chi connectivity index (χ1n) is 10.0. The number of carbonyl (C=O) groups is 1. The molecule has 0 saturated heterocycles. The van der Waals surface area contributed by atoms with Gasteiger partial charge in [0.25, 0.3) is 11.5 Å². The lowest BCUT2D eigenvalue weighted by Crippen LogP contribution is -2.40. The van der Waals surface area contributed by atoms with Gasteiger partial charge in [-0.25, -0.2) is 0 Å². The molecule has 0 spiro atoms. The molecule has 8 heteroatoms. The van der Waals surface area contributed by atoms with Crippen molar-refractivity contribution in [2.75, 3.05) is 6.54 Å². The second-order valence-electron chi connectivity index (χ2n) is 8.24. The van der Waals surface area contributed by atoms with Gasteiger partial charge < -0.3 is 14.4 Å². The summed E-state index contributed by atoms with van der Waals surface area (Å²) in [6.07, 6.45) is 0. The Labute approximate surface area is 190 Å². The number of benzene rings is 1.